The molecule has 3 rings (SSSR count). The maximum absolute atomic E-state index is 12.7. The number of carbonyl (C=O) groups excluding carboxylic acids is 2. The van der Waals surface area contributed by atoms with Crippen LogP contribution in [0.25, 0.3) is 11.6 Å². The number of amides is 2. The zero-order valence-electron chi connectivity index (χ0n) is 16.4. The number of likely N-dealkylation sites (N-methyl/N-ethyl adjacent to an activating group) is 1. The van der Waals surface area contributed by atoms with Crippen molar-refractivity contribution in [1.29, 1.82) is 0 Å². The van der Waals surface area contributed by atoms with Crippen molar-refractivity contribution in [1.82, 2.24) is 15.2 Å². The summed E-state index contributed by atoms with van der Waals surface area (Å²) in [6.07, 6.45) is 1.75. The van der Waals surface area contributed by atoms with Crippen LogP contribution >= 0.6 is 15.9 Å². The summed E-state index contributed by atoms with van der Waals surface area (Å²) >= 11 is 3.45. The van der Waals surface area contributed by atoms with Crippen LogP contribution in [0.1, 0.15) is 41.2 Å². The number of H-pyrrole nitrogens is 1. The molecule has 6 nitrogen and oxygen atoms in total. The zero-order chi connectivity index (χ0) is 20.3. The first-order chi connectivity index (χ1) is 13.4. The molecule has 28 heavy (non-hydrogen) atoms. The predicted molar refractivity (Wildman–Crippen MR) is 116 cm³/mol. The topological polar surface area (TPSA) is 77.2 Å². The first-order valence-corrected chi connectivity index (χ1v) is 10.2. The molecule has 0 atom stereocenters. The van der Waals surface area contributed by atoms with Gasteiger partial charge in [0.15, 0.2) is 0 Å². The predicted octanol–water partition coefficient (Wildman–Crippen LogP) is 3.65. The second-order valence-corrected chi connectivity index (χ2v) is 7.68. The third-order valence-corrected chi connectivity index (χ3v) is 5.38. The number of nitrogens with one attached hydrogen (secondary N) is 3. The van der Waals surface area contributed by atoms with Crippen LogP contribution in [0, 0.1) is 6.92 Å². The number of fused-ring (bicyclic) bond motifs is 1. The van der Waals surface area contributed by atoms with E-state index in [1.165, 1.54) is 0 Å². The first kappa shape index (κ1) is 20.4. The molecule has 1 aliphatic rings. The summed E-state index contributed by atoms with van der Waals surface area (Å²) < 4.78 is 0.894. The van der Waals surface area contributed by atoms with Crippen LogP contribution in [0.15, 0.2) is 28.7 Å². The molecule has 2 heterocycles. The van der Waals surface area contributed by atoms with Gasteiger partial charge >= 0.3 is 0 Å². The van der Waals surface area contributed by atoms with E-state index < -0.39 is 0 Å². The van der Waals surface area contributed by atoms with E-state index in [9.17, 15) is 9.59 Å². The van der Waals surface area contributed by atoms with E-state index in [0.29, 0.717) is 23.4 Å². The largest absolute Gasteiger partial charge is 0.358 e. The maximum atomic E-state index is 12.7. The normalized spacial score (nSPS) is 14.5. The number of aromatic nitrogens is 1. The molecule has 1 aliphatic heterocycles. The lowest BCUT2D eigenvalue weighted by Crippen LogP contribution is -2.34. The Hall–Kier alpha value is -2.38. The average molecular weight is 445 g/mol. The van der Waals surface area contributed by atoms with E-state index in [-0.39, 0.29) is 11.8 Å². The highest BCUT2D eigenvalue weighted by Gasteiger charge is 2.25. The van der Waals surface area contributed by atoms with Crippen LogP contribution in [-0.4, -0.2) is 47.9 Å². The minimum absolute atomic E-state index is 0.142. The fraction of sp³-hybridized carbons (Fsp3) is 0.333. The molecular formula is C21H25BrN4O2. The summed E-state index contributed by atoms with van der Waals surface area (Å²) in [4.78, 5) is 30.6. The molecule has 1 aromatic carbocycles. The number of aryl methyl sites for hydroxylation is 1. The van der Waals surface area contributed by atoms with Gasteiger partial charge in [-0.2, -0.15) is 0 Å². The van der Waals surface area contributed by atoms with Gasteiger partial charge in [-0.3, -0.25) is 9.59 Å². The molecule has 0 aliphatic carbocycles. The van der Waals surface area contributed by atoms with Crippen molar-refractivity contribution in [2.45, 2.75) is 20.8 Å². The summed E-state index contributed by atoms with van der Waals surface area (Å²) in [5.41, 5.74) is 4.17. The molecule has 0 radical (unpaired) electrons. The first-order valence-electron chi connectivity index (χ1n) is 9.46. The lowest BCUT2D eigenvalue weighted by atomic mass is 10.0. The number of nitrogens with zero attached hydrogens (tertiary/aromatic N) is 1. The molecule has 3 N–H and O–H groups in total. The van der Waals surface area contributed by atoms with E-state index in [1.54, 1.807) is 6.08 Å². The van der Waals surface area contributed by atoms with Gasteiger partial charge in [0.05, 0.1) is 16.8 Å². The quantitative estimate of drug-likeness (QED) is 0.570. The van der Waals surface area contributed by atoms with Crippen molar-refractivity contribution in [3.8, 4) is 0 Å². The standard InChI is InChI=1S/C21H25BrN4O2/c1-4-26(5-2)9-8-23-20(27)17-10-13(3)24-19(17)12-16-15-11-14(22)6-7-18(15)25-21(16)28/h6-7,10-12,24H,4-5,8-9H2,1-3H3,(H,23,27)(H,25,28)/b16-12-. The van der Waals surface area contributed by atoms with Gasteiger partial charge < -0.3 is 20.5 Å². The van der Waals surface area contributed by atoms with Gasteiger partial charge in [-0.25, -0.2) is 0 Å². The summed E-state index contributed by atoms with van der Waals surface area (Å²) in [5.74, 6) is -0.315. The molecule has 0 fully saturated rings. The Balaban J connectivity index is 1.83. The van der Waals surface area contributed by atoms with E-state index in [1.807, 2.05) is 31.2 Å². The van der Waals surface area contributed by atoms with Crippen LogP contribution < -0.4 is 10.6 Å². The highest BCUT2D eigenvalue weighted by atomic mass is 79.9. The number of carbonyl (C=O) groups is 2. The summed E-state index contributed by atoms with van der Waals surface area (Å²) in [6, 6.07) is 7.46. The van der Waals surface area contributed by atoms with E-state index in [2.05, 4.69) is 50.3 Å². The molecule has 0 bridgehead atoms. The number of rotatable bonds is 7. The number of hydrogen-bond acceptors (Lipinski definition) is 3. The van der Waals surface area contributed by atoms with Crippen molar-refractivity contribution in [3.63, 3.8) is 0 Å². The molecule has 0 unspecified atom stereocenters. The molecular weight excluding hydrogens is 420 g/mol. The van der Waals surface area contributed by atoms with Crippen LogP contribution in [0.4, 0.5) is 5.69 Å². The third kappa shape index (κ3) is 4.36. The molecule has 0 spiro atoms. The fourth-order valence-corrected chi connectivity index (χ4v) is 3.68. The Morgan fingerprint density at radius 3 is 2.71 bits per heavy atom. The van der Waals surface area contributed by atoms with Crippen molar-refractivity contribution >= 4 is 45.1 Å². The molecule has 2 aromatic rings. The van der Waals surface area contributed by atoms with Gasteiger partial charge in [0, 0.05) is 34.5 Å². The van der Waals surface area contributed by atoms with Gasteiger partial charge in [-0.1, -0.05) is 29.8 Å². The van der Waals surface area contributed by atoms with Crippen molar-refractivity contribution in [2.24, 2.45) is 0 Å². The molecule has 0 saturated carbocycles. The Morgan fingerprint density at radius 2 is 2.00 bits per heavy atom. The Bertz CT molecular complexity index is 928. The molecule has 7 heteroatoms. The van der Waals surface area contributed by atoms with E-state index in [0.717, 1.165) is 41.1 Å². The third-order valence-electron chi connectivity index (χ3n) is 4.89. The Kier molecular flexibility index (Phi) is 6.36. The number of aromatic amines is 1. The fourth-order valence-electron chi connectivity index (χ4n) is 3.32. The average Bonchev–Trinajstić information content (AvgIpc) is 3.19. The smallest absolute Gasteiger partial charge is 0.256 e. The monoisotopic (exact) mass is 444 g/mol. The second-order valence-electron chi connectivity index (χ2n) is 6.76. The minimum Gasteiger partial charge on any atom is -0.358 e. The Labute approximate surface area is 173 Å². The van der Waals surface area contributed by atoms with E-state index >= 15 is 0 Å². The highest BCUT2D eigenvalue weighted by Crippen LogP contribution is 2.35. The van der Waals surface area contributed by atoms with Crippen LogP contribution in [0.2, 0.25) is 0 Å². The van der Waals surface area contributed by atoms with Crippen LogP contribution in [-0.2, 0) is 4.79 Å². The second kappa shape index (κ2) is 8.75. The van der Waals surface area contributed by atoms with Gasteiger partial charge in [-0.15, -0.1) is 0 Å². The lowest BCUT2D eigenvalue weighted by Gasteiger charge is -2.17. The lowest BCUT2D eigenvalue weighted by molar-refractivity contribution is -0.110. The van der Waals surface area contributed by atoms with Crippen molar-refractivity contribution < 1.29 is 9.59 Å². The van der Waals surface area contributed by atoms with E-state index in [4.69, 9.17) is 0 Å². The van der Waals surface area contributed by atoms with Crippen molar-refractivity contribution in [3.05, 3.63) is 51.3 Å². The number of anilines is 1. The Morgan fingerprint density at radius 1 is 1.25 bits per heavy atom. The maximum Gasteiger partial charge on any atom is 0.256 e. The van der Waals surface area contributed by atoms with Gasteiger partial charge in [0.2, 0.25) is 0 Å². The highest BCUT2D eigenvalue weighted by molar-refractivity contribution is 9.10. The number of hydrogen-bond donors (Lipinski definition) is 3. The SMILES string of the molecule is CCN(CC)CCNC(=O)c1cc(C)[nH]c1/C=C1\C(=O)Nc2ccc(Br)cc21. The van der Waals surface area contributed by atoms with Gasteiger partial charge in [0.25, 0.3) is 11.8 Å². The number of benzene rings is 1. The minimum atomic E-state index is -0.173. The molecule has 148 valence electrons. The van der Waals surface area contributed by atoms with Gasteiger partial charge in [-0.05, 0) is 50.4 Å². The van der Waals surface area contributed by atoms with Gasteiger partial charge in [0.1, 0.15) is 0 Å². The summed E-state index contributed by atoms with van der Waals surface area (Å²) in [7, 11) is 0. The molecule has 2 amide bonds. The summed E-state index contributed by atoms with van der Waals surface area (Å²) in [5, 5.41) is 5.84. The molecule has 1 aromatic heterocycles. The zero-order valence-corrected chi connectivity index (χ0v) is 17.9. The number of halogens is 1. The van der Waals surface area contributed by atoms with Crippen LogP contribution in [0.5, 0.6) is 0 Å². The molecule has 0 saturated heterocycles. The van der Waals surface area contributed by atoms with Crippen molar-refractivity contribution in [2.75, 3.05) is 31.5 Å². The van der Waals surface area contributed by atoms with Crippen LogP contribution in [0.3, 0.4) is 0 Å². The summed E-state index contributed by atoms with van der Waals surface area (Å²) in [6.45, 7) is 9.41.